The number of likely N-dealkylation sites (N-methyl/N-ethyl adjacent to an activating group) is 1. The highest BCUT2D eigenvalue weighted by Gasteiger charge is 2.47. The molecule has 1 aliphatic heterocycles. The van der Waals surface area contributed by atoms with E-state index in [0.717, 1.165) is 0 Å². The summed E-state index contributed by atoms with van der Waals surface area (Å²) >= 11 is 11.9. The number of rotatable bonds is 6. The van der Waals surface area contributed by atoms with Crippen LogP contribution in [-0.2, 0) is 9.53 Å². The monoisotopic (exact) mass is 573 g/mol. The zero-order valence-electron chi connectivity index (χ0n) is 20.1. The molecule has 0 aromatic carbocycles. The van der Waals surface area contributed by atoms with Gasteiger partial charge >= 0.3 is 6.03 Å². The van der Waals surface area contributed by atoms with Gasteiger partial charge in [-0.2, -0.15) is 0 Å². The average molecular weight is 574 g/mol. The minimum absolute atomic E-state index is 0.0324. The fourth-order valence-electron chi connectivity index (χ4n) is 3.99. The van der Waals surface area contributed by atoms with Gasteiger partial charge in [-0.1, -0.05) is 23.2 Å². The topological polar surface area (TPSA) is 181 Å². The summed E-state index contributed by atoms with van der Waals surface area (Å²) in [6.45, 7) is 2.04. The van der Waals surface area contributed by atoms with Gasteiger partial charge in [-0.3, -0.25) is 14.7 Å². The Morgan fingerprint density at radius 3 is 2.26 bits per heavy atom. The second kappa shape index (κ2) is 11.0. The molecule has 1 aliphatic rings. The number of anilines is 3. The van der Waals surface area contributed by atoms with Crippen LogP contribution in [0.1, 0.15) is 13.2 Å². The molecule has 0 unspecified atom stereocenters. The molecule has 39 heavy (non-hydrogen) atoms. The molecule has 4 aromatic heterocycles. The van der Waals surface area contributed by atoms with Crippen molar-refractivity contribution in [3.63, 3.8) is 0 Å². The Morgan fingerprint density at radius 1 is 1.00 bits per heavy atom. The zero-order chi connectivity index (χ0) is 27.7. The first-order chi connectivity index (χ1) is 18.8. The van der Waals surface area contributed by atoms with Crippen LogP contribution in [0.25, 0.3) is 11.2 Å². The number of fused-ring (bicyclic) bond motifs is 1. The van der Waals surface area contributed by atoms with Gasteiger partial charge in [-0.25, -0.2) is 34.6 Å². The molecule has 5 heterocycles. The first-order valence-corrected chi connectivity index (χ1v) is 12.3. The van der Waals surface area contributed by atoms with Crippen molar-refractivity contribution in [2.75, 3.05) is 16.8 Å². The number of aliphatic hydroxyl groups excluding tert-OH is 2. The Labute approximate surface area is 230 Å². The molecule has 0 spiro atoms. The second-order valence-corrected chi connectivity index (χ2v) is 9.18. The van der Waals surface area contributed by atoms with Crippen LogP contribution in [0.15, 0.2) is 49.3 Å². The molecule has 3 amide bonds. The van der Waals surface area contributed by atoms with E-state index in [-0.39, 0.29) is 28.6 Å². The number of hydrogen-bond donors (Lipinski definition) is 4. The lowest BCUT2D eigenvalue weighted by Crippen LogP contribution is -2.42. The van der Waals surface area contributed by atoms with Crippen LogP contribution in [0.3, 0.4) is 0 Å². The first kappa shape index (κ1) is 26.6. The van der Waals surface area contributed by atoms with E-state index in [1.165, 1.54) is 46.6 Å². The van der Waals surface area contributed by atoms with E-state index in [2.05, 4.69) is 35.6 Å². The molecular formula is C23H21Cl2N9O5. The number of nitrogens with one attached hydrogen (secondary N) is 2. The number of nitrogens with zero attached hydrogens (tertiary/aromatic N) is 7. The maximum atomic E-state index is 13.5. The fraction of sp³-hybridized carbons (Fsp3) is 0.261. The van der Waals surface area contributed by atoms with E-state index in [1.54, 1.807) is 19.1 Å². The SMILES string of the molecule is CCNC(=O)[C@H]1O[C@@H](n2cnc3c(NC(=O)N(c4ccc(Cl)cn4)c4ccc(Cl)cn4)ncnc32)[C@H](O)[C@@H]1O. The van der Waals surface area contributed by atoms with Crippen molar-refractivity contribution in [2.45, 2.75) is 31.5 Å². The van der Waals surface area contributed by atoms with Gasteiger partial charge in [0.2, 0.25) is 0 Å². The largest absolute Gasteiger partial charge is 0.387 e. The van der Waals surface area contributed by atoms with Gasteiger partial charge in [0.05, 0.1) is 16.4 Å². The number of ether oxygens (including phenoxy) is 1. The molecular weight excluding hydrogens is 553 g/mol. The molecule has 14 nitrogen and oxygen atoms in total. The highest BCUT2D eigenvalue weighted by molar-refractivity contribution is 6.30. The Morgan fingerprint density at radius 2 is 1.67 bits per heavy atom. The minimum Gasteiger partial charge on any atom is -0.387 e. The minimum atomic E-state index is -1.48. The summed E-state index contributed by atoms with van der Waals surface area (Å²) in [5.74, 6) is -0.0962. The van der Waals surface area contributed by atoms with Gasteiger partial charge in [-0.05, 0) is 31.2 Å². The molecule has 5 rings (SSSR count). The summed E-state index contributed by atoms with van der Waals surface area (Å²) in [6.07, 6.45) is -0.159. The number of aliphatic hydroxyl groups is 2. The van der Waals surface area contributed by atoms with E-state index in [1.807, 2.05) is 0 Å². The number of urea groups is 1. The fourth-order valence-corrected chi connectivity index (χ4v) is 4.22. The van der Waals surface area contributed by atoms with E-state index < -0.39 is 36.5 Å². The number of hydrogen-bond acceptors (Lipinski definition) is 10. The molecule has 16 heteroatoms. The second-order valence-electron chi connectivity index (χ2n) is 8.30. The van der Waals surface area contributed by atoms with Gasteiger partial charge in [-0.15, -0.1) is 0 Å². The van der Waals surface area contributed by atoms with Crippen molar-refractivity contribution < 1.29 is 24.5 Å². The maximum absolute atomic E-state index is 13.5. The van der Waals surface area contributed by atoms with E-state index in [4.69, 9.17) is 27.9 Å². The number of carbonyl (C=O) groups is 2. The predicted molar refractivity (Wildman–Crippen MR) is 140 cm³/mol. The highest BCUT2D eigenvalue weighted by Crippen LogP contribution is 2.33. The lowest BCUT2D eigenvalue weighted by Gasteiger charge is -2.21. The van der Waals surface area contributed by atoms with E-state index in [0.29, 0.717) is 16.6 Å². The first-order valence-electron chi connectivity index (χ1n) is 11.6. The normalized spacial score (nSPS) is 20.6. The van der Waals surface area contributed by atoms with Crippen molar-refractivity contribution in [3.05, 3.63) is 59.4 Å². The summed E-state index contributed by atoms with van der Waals surface area (Å²) in [7, 11) is 0. The predicted octanol–water partition coefficient (Wildman–Crippen LogP) is 2.05. The van der Waals surface area contributed by atoms with Gasteiger partial charge in [0, 0.05) is 18.9 Å². The van der Waals surface area contributed by atoms with E-state index >= 15 is 0 Å². The van der Waals surface area contributed by atoms with Crippen LogP contribution in [-0.4, -0.2) is 76.5 Å². The number of aromatic nitrogens is 6. The van der Waals surface area contributed by atoms with Crippen molar-refractivity contribution in [2.24, 2.45) is 0 Å². The highest BCUT2D eigenvalue weighted by atomic mass is 35.5. The molecule has 1 saturated heterocycles. The summed E-state index contributed by atoms with van der Waals surface area (Å²) in [5.41, 5.74) is 0.333. The van der Waals surface area contributed by atoms with Crippen LogP contribution < -0.4 is 15.5 Å². The molecule has 4 aromatic rings. The van der Waals surface area contributed by atoms with Gasteiger partial charge < -0.3 is 20.3 Å². The van der Waals surface area contributed by atoms with Crippen molar-refractivity contribution >= 4 is 63.8 Å². The number of pyridine rings is 2. The van der Waals surface area contributed by atoms with Crippen molar-refractivity contribution in [1.82, 2.24) is 34.8 Å². The zero-order valence-corrected chi connectivity index (χ0v) is 21.7. The van der Waals surface area contributed by atoms with Gasteiger partial charge in [0.15, 0.2) is 29.3 Å². The Hall–Kier alpha value is -3.95. The van der Waals surface area contributed by atoms with E-state index in [9.17, 15) is 19.8 Å². The van der Waals surface area contributed by atoms with Crippen LogP contribution in [0.5, 0.6) is 0 Å². The van der Waals surface area contributed by atoms with Gasteiger partial charge in [0.25, 0.3) is 5.91 Å². The number of imidazole rings is 1. The summed E-state index contributed by atoms with van der Waals surface area (Å²) < 4.78 is 7.01. The molecule has 0 aliphatic carbocycles. The third kappa shape index (κ3) is 5.20. The van der Waals surface area contributed by atoms with Crippen LogP contribution >= 0.6 is 23.2 Å². The Kier molecular flexibility index (Phi) is 7.54. The molecule has 0 saturated carbocycles. The van der Waals surface area contributed by atoms with Crippen LogP contribution in [0.4, 0.5) is 22.2 Å². The summed E-state index contributed by atoms with van der Waals surface area (Å²) in [4.78, 5) is 48.0. The Balaban J connectivity index is 1.46. The van der Waals surface area contributed by atoms with Crippen molar-refractivity contribution in [1.29, 1.82) is 0 Å². The maximum Gasteiger partial charge on any atom is 0.334 e. The number of carbonyl (C=O) groups excluding carboxylic acids is 2. The third-order valence-electron chi connectivity index (χ3n) is 5.79. The number of halogens is 2. The summed E-state index contributed by atoms with van der Waals surface area (Å²) in [5, 5.41) is 27.0. The summed E-state index contributed by atoms with van der Waals surface area (Å²) in [6, 6.07) is 5.54. The molecule has 0 radical (unpaired) electrons. The third-order valence-corrected chi connectivity index (χ3v) is 6.24. The quantitative estimate of drug-likeness (QED) is 0.266. The van der Waals surface area contributed by atoms with Crippen LogP contribution in [0, 0.1) is 0 Å². The molecule has 4 N–H and O–H groups in total. The molecule has 0 bridgehead atoms. The van der Waals surface area contributed by atoms with Crippen molar-refractivity contribution in [3.8, 4) is 0 Å². The molecule has 4 atom stereocenters. The number of amides is 3. The average Bonchev–Trinajstić information content (AvgIpc) is 3.48. The Bertz CT molecular complexity index is 1460. The van der Waals surface area contributed by atoms with Crippen LogP contribution in [0.2, 0.25) is 10.0 Å². The molecule has 202 valence electrons. The smallest absolute Gasteiger partial charge is 0.334 e. The molecule has 1 fully saturated rings. The lowest BCUT2D eigenvalue weighted by molar-refractivity contribution is -0.137. The lowest BCUT2D eigenvalue weighted by atomic mass is 10.1. The standard InChI is InChI=1S/C23H21Cl2N9O5/c1-2-26-21(37)18-16(35)17(36)22(39-18)33-10-31-15-19(29-9-30-20(15)33)32-23(38)34(13-5-3-11(24)7-27-13)14-6-4-12(25)8-28-14/h3-10,16-18,22,35-36H,2H2,1H3,(H,26,37)(H,29,30,32,38)/t16-,17+,18-,22+/m0/s1. The van der Waals surface area contributed by atoms with Gasteiger partial charge in [0.1, 0.15) is 30.2 Å².